The van der Waals surface area contributed by atoms with Crippen LogP contribution in [0.2, 0.25) is 0 Å². The Bertz CT molecular complexity index is 506. The van der Waals surface area contributed by atoms with E-state index in [1.165, 1.54) is 0 Å². The van der Waals surface area contributed by atoms with Crippen LogP contribution in [0.3, 0.4) is 0 Å². The molecule has 120 valence electrons. The molecule has 0 aliphatic rings. The van der Waals surface area contributed by atoms with Crippen molar-refractivity contribution in [1.29, 1.82) is 5.26 Å². The van der Waals surface area contributed by atoms with Crippen LogP contribution >= 0.6 is 0 Å². The maximum absolute atomic E-state index is 11.5. The topological polar surface area (TPSA) is 79.3 Å². The van der Waals surface area contributed by atoms with Crippen LogP contribution in [0.15, 0.2) is 24.3 Å². The zero-order valence-corrected chi connectivity index (χ0v) is 13.6. The molecule has 0 fully saturated rings. The van der Waals surface area contributed by atoms with Crippen molar-refractivity contribution in [2.24, 2.45) is 11.7 Å². The minimum atomic E-state index is -0.791. The van der Waals surface area contributed by atoms with E-state index in [1.54, 1.807) is 0 Å². The van der Waals surface area contributed by atoms with Crippen LogP contribution in [0.25, 0.3) is 0 Å². The molecule has 0 aliphatic heterocycles. The molecule has 2 atom stereocenters. The summed E-state index contributed by atoms with van der Waals surface area (Å²) in [6.07, 6.45) is 1.64. The minimum absolute atomic E-state index is 0.164. The number of carbonyl (C=O) groups excluding carboxylic acids is 1. The lowest BCUT2D eigenvalue weighted by molar-refractivity contribution is -0.120. The molecule has 0 spiro atoms. The van der Waals surface area contributed by atoms with Crippen molar-refractivity contribution in [2.75, 3.05) is 27.2 Å². The highest BCUT2D eigenvalue weighted by atomic mass is 16.5. The van der Waals surface area contributed by atoms with E-state index in [9.17, 15) is 10.1 Å². The van der Waals surface area contributed by atoms with E-state index in [-0.39, 0.29) is 5.92 Å². The number of hydrogen-bond acceptors (Lipinski definition) is 4. The number of amides is 1. The Morgan fingerprint density at radius 3 is 2.45 bits per heavy atom. The van der Waals surface area contributed by atoms with Gasteiger partial charge in [0.25, 0.3) is 0 Å². The van der Waals surface area contributed by atoms with Gasteiger partial charge in [-0.1, -0.05) is 25.5 Å². The van der Waals surface area contributed by atoms with Crippen LogP contribution in [0.4, 0.5) is 0 Å². The lowest BCUT2D eigenvalue weighted by Gasteiger charge is -2.20. The summed E-state index contributed by atoms with van der Waals surface area (Å²) in [5.41, 5.74) is 6.30. The second-order valence-corrected chi connectivity index (χ2v) is 5.63. The molecule has 5 heteroatoms. The van der Waals surface area contributed by atoms with Gasteiger partial charge >= 0.3 is 0 Å². The molecular weight excluding hydrogens is 278 g/mol. The SMILES string of the molecule is CCCC(c1ccc(OCCN(C)C)cc1)C(C#N)C(N)=O. The number of rotatable bonds is 9. The highest BCUT2D eigenvalue weighted by Crippen LogP contribution is 2.30. The molecule has 0 heterocycles. The second-order valence-electron chi connectivity index (χ2n) is 5.63. The van der Waals surface area contributed by atoms with Crippen LogP contribution in [-0.2, 0) is 4.79 Å². The van der Waals surface area contributed by atoms with Crippen LogP contribution in [0.5, 0.6) is 5.75 Å². The summed E-state index contributed by atoms with van der Waals surface area (Å²) in [4.78, 5) is 13.5. The third kappa shape index (κ3) is 5.38. The van der Waals surface area contributed by atoms with E-state index in [2.05, 4.69) is 4.90 Å². The smallest absolute Gasteiger partial charge is 0.235 e. The van der Waals surface area contributed by atoms with Crippen LogP contribution < -0.4 is 10.5 Å². The van der Waals surface area contributed by atoms with Gasteiger partial charge in [0, 0.05) is 12.5 Å². The average Bonchev–Trinajstić information content (AvgIpc) is 2.47. The Morgan fingerprint density at radius 2 is 2.00 bits per heavy atom. The van der Waals surface area contributed by atoms with Gasteiger partial charge in [0.2, 0.25) is 5.91 Å². The van der Waals surface area contributed by atoms with Gasteiger partial charge in [0.1, 0.15) is 18.3 Å². The summed E-state index contributed by atoms with van der Waals surface area (Å²) >= 11 is 0. The Balaban J connectivity index is 2.80. The molecule has 0 radical (unpaired) electrons. The number of nitriles is 1. The first-order chi connectivity index (χ1) is 10.5. The summed E-state index contributed by atoms with van der Waals surface area (Å²) in [6.45, 7) is 3.49. The highest BCUT2D eigenvalue weighted by Gasteiger charge is 2.27. The van der Waals surface area contributed by atoms with E-state index >= 15 is 0 Å². The molecule has 1 aromatic carbocycles. The number of hydrogen-bond donors (Lipinski definition) is 1. The van der Waals surface area contributed by atoms with Gasteiger partial charge in [-0.05, 0) is 38.2 Å². The number of primary amides is 1. The number of benzene rings is 1. The number of nitrogens with zero attached hydrogens (tertiary/aromatic N) is 2. The monoisotopic (exact) mass is 303 g/mol. The fraction of sp³-hybridized carbons (Fsp3) is 0.529. The molecule has 22 heavy (non-hydrogen) atoms. The molecule has 1 aromatic rings. The predicted molar refractivity (Wildman–Crippen MR) is 86.4 cm³/mol. The van der Waals surface area contributed by atoms with E-state index in [0.717, 1.165) is 30.7 Å². The zero-order chi connectivity index (χ0) is 16.5. The molecule has 2 unspecified atom stereocenters. The van der Waals surface area contributed by atoms with Crippen molar-refractivity contribution in [3.63, 3.8) is 0 Å². The fourth-order valence-corrected chi connectivity index (χ4v) is 2.35. The second kappa shape index (κ2) is 9.06. The molecule has 5 nitrogen and oxygen atoms in total. The molecular formula is C17H25N3O2. The van der Waals surface area contributed by atoms with Gasteiger partial charge < -0.3 is 15.4 Å². The summed E-state index contributed by atoms with van der Waals surface area (Å²) < 4.78 is 5.65. The molecule has 0 aromatic heterocycles. The summed E-state index contributed by atoms with van der Waals surface area (Å²) in [7, 11) is 3.99. The van der Waals surface area contributed by atoms with Crippen LogP contribution in [-0.4, -0.2) is 38.1 Å². The fourth-order valence-electron chi connectivity index (χ4n) is 2.35. The Hall–Kier alpha value is -2.06. The molecule has 1 amide bonds. The average molecular weight is 303 g/mol. The third-order valence-electron chi connectivity index (χ3n) is 3.56. The lowest BCUT2D eigenvalue weighted by Crippen LogP contribution is -2.27. The number of carbonyl (C=O) groups is 1. The van der Waals surface area contributed by atoms with Crippen molar-refractivity contribution >= 4 is 5.91 Å². The van der Waals surface area contributed by atoms with Gasteiger partial charge in [0.15, 0.2) is 0 Å². The van der Waals surface area contributed by atoms with Crippen molar-refractivity contribution in [1.82, 2.24) is 4.90 Å². The molecule has 1 rings (SSSR count). The number of ether oxygens (including phenoxy) is 1. The van der Waals surface area contributed by atoms with Gasteiger partial charge in [-0.2, -0.15) is 5.26 Å². The first-order valence-corrected chi connectivity index (χ1v) is 7.56. The molecule has 0 bridgehead atoms. The van der Waals surface area contributed by atoms with Gasteiger partial charge in [-0.25, -0.2) is 0 Å². The molecule has 0 saturated heterocycles. The van der Waals surface area contributed by atoms with Gasteiger partial charge in [0.05, 0.1) is 6.07 Å². The Kier molecular flexibility index (Phi) is 7.41. The maximum atomic E-state index is 11.5. The maximum Gasteiger partial charge on any atom is 0.235 e. The van der Waals surface area contributed by atoms with Gasteiger partial charge in [-0.3, -0.25) is 4.79 Å². The quantitative estimate of drug-likeness (QED) is 0.758. The normalized spacial score (nSPS) is 13.4. The molecule has 0 aliphatic carbocycles. The van der Waals surface area contributed by atoms with E-state index in [0.29, 0.717) is 6.61 Å². The standard InChI is InChI=1S/C17H25N3O2/c1-4-5-15(16(12-18)17(19)21)13-6-8-14(9-7-13)22-11-10-20(2)3/h6-9,15-16H,4-5,10-11H2,1-3H3,(H2,19,21). The third-order valence-corrected chi connectivity index (χ3v) is 3.56. The minimum Gasteiger partial charge on any atom is -0.492 e. The molecule has 0 saturated carbocycles. The first kappa shape index (κ1) is 18.0. The zero-order valence-electron chi connectivity index (χ0n) is 13.6. The summed E-state index contributed by atoms with van der Waals surface area (Å²) in [5, 5.41) is 9.20. The first-order valence-electron chi connectivity index (χ1n) is 7.56. The highest BCUT2D eigenvalue weighted by molar-refractivity contribution is 5.80. The van der Waals surface area contributed by atoms with Crippen LogP contribution in [0.1, 0.15) is 31.2 Å². The van der Waals surface area contributed by atoms with Crippen molar-refractivity contribution < 1.29 is 9.53 Å². The van der Waals surface area contributed by atoms with Gasteiger partial charge in [-0.15, -0.1) is 0 Å². The summed E-state index contributed by atoms with van der Waals surface area (Å²) in [5.74, 6) is -0.732. The van der Waals surface area contributed by atoms with Crippen molar-refractivity contribution in [3.05, 3.63) is 29.8 Å². The lowest BCUT2D eigenvalue weighted by atomic mass is 9.83. The Morgan fingerprint density at radius 1 is 1.36 bits per heavy atom. The van der Waals surface area contributed by atoms with Crippen molar-refractivity contribution in [3.8, 4) is 11.8 Å². The van der Waals surface area contributed by atoms with Crippen LogP contribution in [0, 0.1) is 17.2 Å². The summed E-state index contributed by atoms with van der Waals surface area (Å²) in [6, 6.07) is 9.62. The van der Waals surface area contributed by atoms with E-state index in [4.69, 9.17) is 10.5 Å². The Labute approximate surface area is 132 Å². The van der Waals surface area contributed by atoms with E-state index in [1.807, 2.05) is 51.4 Å². The predicted octanol–water partition coefficient (Wildman–Crippen LogP) is 2.14. The number of likely N-dealkylation sites (N-methyl/N-ethyl adjacent to an activating group) is 1. The molecule has 2 N–H and O–H groups in total. The van der Waals surface area contributed by atoms with Crippen molar-refractivity contribution in [2.45, 2.75) is 25.7 Å². The number of nitrogens with two attached hydrogens (primary N) is 1. The van der Waals surface area contributed by atoms with E-state index < -0.39 is 11.8 Å². The largest absolute Gasteiger partial charge is 0.492 e.